The normalized spacial score (nSPS) is 15.0. The standard InChI is InChI=1S/C74H68N6O7/c1-45(2)12-10-11-42-77(70(82)63-38-37-61-67-62(39-40-64(76-5)68(63)67)74(86)80(73(61)85)55-24-19-50(20-25-55)48-15-8-9-16-48)52-26-30-56(31-27-52)87-57-32-28-53(29-33-57)78(43-41-46(3)4)69(81)58-35-36-60-66-59(34-21-51(44-75)65(58)66)71(83)79(72(60)84)54-22-17-49(18-23-54)47-13-6-7-14-47/h17-40,45-48H,6-16,41-43H2,1-4H3. The Labute approximate surface area is 507 Å². The lowest BCUT2D eigenvalue weighted by Gasteiger charge is -2.29. The molecular formula is C74H68N6O7. The van der Waals surface area contributed by atoms with E-state index in [1.807, 2.05) is 60.7 Å². The molecule has 0 spiro atoms. The molecule has 2 fully saturated rings. The van der Waals surface area contributed by atoms with E-state index in [0.717, 1.165) is 38.5 Å². The van der Waals surface area contributed by atoms with E-state index in [-0.39, 0.29) is 72.6 Å². The number of anilines is 4. The first-order chi connectivity index (χ1) is 42.2. The van der Waals surface area contributed by atoms with Gasteiger partial charge in [-0.25, -0.2) is 14.6 Å². The average molecular weight is 1150 g/mol. The summed E-state index contributed by atoms with van der Waals surface area (Å²) >= 11 is 0. The largest absolute Gasteiger partial charge is 0.457 e. The molecule has 0 N–H and O–H groups in total. The zero-order valence-corrected chi connectivity index (χ0v) is 49.6. The first-order valence-corrected chi connectivity index (χ1v) is 30.7. The quantitative estimate of drug-likeness (QED) is 0.0468. The molecule has 2 aliphatic heterocycles. The van der Waals surface area contributed by atoms with Gasteiger partial charge in [-0.15, -0.1) is 0 Å². The average Bonchev–Trinajstić information content (AvgIpc) is 1.06. The molecule has 12 rings (SSSR count). The Bertz CT molecular complexity index is 4100. The highest BCUT2D eigenvalue weighted by atomic mass is 16.5. The number of hydrogen-bond donors (Lipinski definition) is 0. The number of imide groups is 2. The van der Waals surface area contributed by atoms with Crippen LogP contribution in [0.1, 0.15) is 195 Å². The lowest BCUT2D eigenvalue weighted by atomic mass is 9.88. The van der Waals surface area contributed by atoms with Gasteiger partial charge in [-0.05, 0) is 188 Å². The van der Waals surface area contributed by atoms with Gasteiger partial charge in [-0.3, -0.25) is 28.8 Å². The minimum absolute atomic E-state index is 0.166. The van der Waals surface area contributed by atoms with Gasteiger partial charge in [-0.1, -0.05) is 103 Å². The van der Waals surface area contributed by atoms with Crippen LogP contribution in [0.15, 0.2) is 146 Å². The molecule has 436 valence electrons. The molecule has 2 aliphatic carbocycles. The van der Waals surface area contributed by atoms with Gasteiger partial charge in [0.05, 0.1) is 29.6 Å². The Kier molecular flexibility index (Phi) is 16.1. The fourth-order valence-electron chi connectivity index (χ4n) is 13.4. The Morgan fingerprint density at radius 3 is 1.37 bits per heavy atom. The lowest BCUT2D eigenvalue weighted by molar-refractivity contribution is 0.0877. The van der Waals surface area contributed by atoms with E-state index in [0.29, 0.717) is 83.3 Å². The van der Waals surface area contributed by atoms with Gasteiger partial charge in [0.1, 0.15) is 11.5 Å². The molecule has 0 radical (unpaired) electrons. The second-order valence-electron chi connectivity index (χ2n) is 24.5. The van der Waals surface area contributed by atoms with Crippen LogP contribution in [0.4, 0.5) is 28.4 Å². The van der Waals surface area contributed by atoms with E-state index >= 15 is 9.59 Å². The van der Waals surface area contributed by atoms with Crippen molar-refractivity contribution in [2.75, 3.05) is 32.7 Å². The molecule has 4 aliphatic rings. The summed E-state index contributed by atoms with van der Waals surface area (Å²) in [5.41, 5.74) is 6.20. The van der Waals surface area contributed by atoms with E-state index in [9.17, 15) is 24.4 Å². The number of ether oxygens (including phenoxy) is 1. The number of nitrogens with zero attached hydrogens (tertiary/aromatic N) is 6. The SMILES string of the molecule is [C-]#[N+]c1ccc2c3c(ccc(C(=O)N(CCCCC(C)C)c4ccc(Oc5ccc(N(CCC(C)C)C(=O)c6ccc7c8c(ccc(C#N)c68)C(=O)N(c6ccc(C8CCCC8)cc6)C7=O)cc5)cc4)c13)C(=O)N(c1ccc(C3CCCC3)cc1)C2=O. The zero-order chi connectivity index (χ0) is 60.6. The number of nitriles is 1. The van der Waals surface area contributed by atoms with Gasteiger partial charge in [0.25, 0.3) is 35.4 Å². The van der Waals surface area contributed by atoms with Crippen LogP contribution in [0.3, 0.4) is 0 Å². The Balaban J connectivity index is 0.800. The van der Waals surface area contributed by atoms with Gasteiger partial charge in [0.15, 0.2) is 5.69 Å². The number of amides is 6. The zero-order valence-electron chi connectivity index (χ0n) is 49.6. The monoisotopic (exact) mass is 1150 g/mol. The third-order valence-corrected chi connectivity index (χ3v) is 18.1. The third kappa shape index (κ3) is 10.9. The molecule has 8 aromatic rings. The maximum absolute atomic E-state index is 15.2. The predicted octanol–water partition coefficient (Wildman–Crippen LogP) is 17.3. The number of unbranched alkanes of at least 4 members (excludes halogenated alkanes) is 1. The van der Waals surface area contributed by atoms with Gasteiger partial charge >= 0.3 is 0 Å². The summed E-state index contributed by atoms with van der Waals surface area (Å²) in [6.45, 7) is 17.4. The van der Waals surface area contributed by atoms with Crippen molar-refractivity contribution in [1.82, 2.24) is 0 Å². The number of rotatable bonds is 18. The maximum atomic E-state index is 15.2. The number of carbonyl (C=O) groups excluding carboxylic acids is 6. The first-order valence-electron chi connectivity index (χ1n) is 30.7. The number of benzene rings is 8. The van der Waals surface area contributed by atoms with Crippen molar-refractivity contribution in [3.05, 3.63) is 207 Å². The van der Waals surface area contributed by atoms with Crippen LogP contribution >= 0.6 is 0 Å². The fraction of sp³-hybridized carbons (Fsp3) is 0.297. The summed E-state index contributed by atoms with van der Waals surface area (Å²) in [4.78, 5) is 97.4. The van der Waals surface area contributed by atoms with E-state index < -0.39 is 29.5 Å². The van der Waals surface area contributed by atoms with Crippen molar-refractivity contribution >= 4 is 85.4 Å². The van der Waals surface area contributed by atoms with Gasteiger partial charge in [0, 0.05) is 74.0 Å². The van der Waals surface area contributed by atoms with Crippen LogP contribution in [0.25, 0.3) is 26.4 Å². The smallest absolute Gasteiger partial charge is 0.265 e. The Hall–Kier alpha value is -9.72. The summed E-state index contributed by atoms with van der Waals surface area (Å²) in [7, 11) is 0. The summed E-state index contributed by atoms with van der Waals surface area (Å²) in [5, 5.41) is 11.6. The molecule has 6 amide bonds. The summed E-state index contributed by atoms with van der Waals surface area (Å²) in [5.74, 6) is -0.237. The van der Waals surface area contributed by atoms with Crippen molar-refractivity contribution in [3.8, 4) is 17.6 Å². The second-order valence-corrected chi connectivity index (χ2v) is 24.5. The molecule has 13 nitrogen and oxygen atoms in total. The van der Waals surface area contributed by atoms with E-state index in [4.69, 9.17) is 11.3 Å². The molecule has 8 aromatic carbocycles. The van der Waals surface area contributed by atoms with Gasteiger partial charge in [0.2, 0.25) is 0 Å². The van der Waals surface area contributed by atoms with Crippen LogP contribution in [-0.4, -0.2) is 48.5 Å². The van der Waals surface area contributed by atoms with E-state index in [1.165, 1.54) is 46.6 Å². The van der Waals surface area contributed by atoms with Crippen molar-refractivity contribution in [1.29, 1.82) is 5.26 Å². The molecule has 13 heteroatoms. The number of carbonyl (C=O) groups is 6. The lowest BCUT2D eigenvalue weighted by Crippen LogP contribution is -2.41. The minimum atomic E-state index is -0.521. The molecule has 0 atom stereocenters. The fourth-order valence-corrected chi connectivity index (χ4v) is 13.4. The van der Waals surface area contributed by atoms with Crippen LogP contribution < -0.4 is 24.3 Å². The highest BCUT2D eigenvalue weighted by Crippen LogP contribution is 2.43. The summed E-state index contributed by atoms with van der Waals surface area (Å²) < 4.78 is 6.39. The van der Waals surface area contributed by atoms with Crippen LogP contribution in [0, 0.1) is 29.7 Å². The molecule has 2 heterocycles. The van der Waals surface area contributed by atoms with Crippen LogP contribution in [0.5, 0.6) is 11.5 Å². The molecular weight excluding hydrogens is 1080 g/mol. The molecule has 0 unspecified atom stereocenters. The summed E-state index contributed by atoms with van der Waals surface area (Å²) in [6.07, 6.45) is 12.4. The Morgan fingerprint density at radius 1 is 0.517 bits per heavy atom. The molecule has 87 heavy (non-hydrogen) atoms. The molecule has 0 aromatic heterocycles. The third-order valence-electron chi connectivity index (χ3n) is 18.1. The highest BCUT2D eigenvalue weighted by Gasteiger charge is 2.39. The van der Waals surface area contributed by atoms with Gasteiger partial charge < -0.3 is 14.5 Å². The van der Waals surface area contributed by atoms with Gasteiger partial charge in [-0.2, -0.15) is 5.26 Å². The van der Waals surface area contributed by atoms with E-state index in [2.05, 4.69) is 38.6 Å². The van der Waals surface area contributed by atoms with Crippen LogP contribution in [0.2, 0.25) is 0 Å². The maximum Gasteiger partial charge on any atom is 0.265 e. The second kappa shape index (κ2) is 24.3. The minimum Gasteiger partial charge on any atom is -0.457 e. The topological polar surface area (TPSA) is 153 Å². The van der Waals surface area contributed by atoms with Crippen molar-refractivity contribution in [2.24, 2.45) is 11.8 Å². The van der Waals surface area contributed by atoms with E-state index in [1.54, 1.807) is 94.7 Å². The van der Waals surface area contributed by atoms with Crippen molar-refractivity contribution in [2.45, 2.75) is 117 Å². The first kappa shape index (κ1) is 57.7. The Morgan fingerprint density at radius 2 is 0.931 bits per heavy atom. The van der Waals surface area contributed by atoms with Crippen molar-refractivity contribution < 1.29 is 33.5 Å². The summed E-state index contributed by atoms with van der Waals surface area (Å²) in [6, 6.07) is 44.5. The van der Waals surface area contributed by atoms with Crippen molar-refractivity contribution in [3.63, 3.8) is 0 Å². The molecule has 2 saturated carbocycles. The highest BCUT2D eigenvalue weighted by molar-refractivity contribution is 6.39. The predicted molar refractivity (Wildman–Crippen MR) is 341 cm³/mol. The molecule has 0 saturated heterocycles. The molecule has 0 bridgehead atoms. The number of hydrogen-bond acceptors (Lipinski definition) is 8. The van der Waals surface area contributed by atoms with Crippen LogP contribution in [-0.2, 0) is 0 Å².